The Morgan fingerprint density at radius 3 is 2.42 bits per heavy atom. The fourth-order valence-corrected chi connectivity index (χ4v) is 3.10. The number of ether oxygens (including phenoxy) is 1. The Hall–Kier alpha value is -0.860. The van der Waals surface area contributed by atoms with Crippen LogP contribution < -0.4 is 5.32 Å². The monoisotopic (exact) mass is 474 g/mol. The van der Waals surface area contributed by atoms with Crippen LogP contribution in [0.25, 0.3) is 0 Å². The molecule has 1 aliphatic rings. The molecule has 1 saturated heterocycles. The van der Waals surface area contributed by atoms with E-state index in [1.165, 1.54) is 24.1 Å². The third kappa shape index (κ3) is 8.22. The molecule has 0 spiro atoms. The minimum atomic E-state index is 0. The molecule has 0 saturated carbocycles. The first kappa shape index (κ1) is 23.2. The molecule has 148 valence electrons. The number of halogens is 1. The molecule has 1 aromatic carbocycles. The second-order valence-electron chi connectivity index (χ2n) is 6.66. The highest BCUT2D eigenvalue weighted by Crippen LogP contribution is 2.07. The van der Waals surface area contributed by atoms with Gasteiger partial charge in [0.05, 0.1) is 13.2 Å². The lowest BCUT2D eigenvalue weighted by Gasteiger charge is -2.26. The van der Waals surface area contributed by atoms with Crippen LogP contribution in [0, 0.1) is 0 Å². The second-order valence-corrected chi connectivity index (χ2v) is 6.66. The fourth-order valence-electron chi connectivity index (χ4n) is 3.10. The minimum absolute atomic E-state index is 0. The lowest BCUT2D eigenvalue weighted by molar-refractivity contribution is 0.0372. The van der Waals surface area contributed by atoms with Crippen LogP contribution in [-0.2, 0) is 17.7 Å². The van der Waals surface area contributed by atoms with Crippen LogP contribution in [0.1, 0.15) is 30.9 Å². The zero-order valence-corrected chi connectivity index (χ0v) is 18.9. The number of rotatable bonds is 8. The molecular formula is C20H35IN4O. The van der Waals surface area contributed by atoms with Crippen molar-refractivity contribution in [3.05, 3.63) is 35.4 Å². The number of benzene rings is 1. The summed E-state index contributed by atoms with van der Waals surface area (Å²) in [5.41, 5.74) is 2.70. The molecule has 1 aliphatic heterocycles. The normalized spacial score (nSPS) is 15.4. The summed E-state index contributed by atoms with van der Waals surface area (Å²) < 4.78 is 5.39. The van der Waals surface area contributed by atoms with Crippen LogP contribution >= 0.6 is 24.0 Å². The lowest BCUT2D eigenvalue weighted by atomic mass is 10.1. The highest BCUT2D eigenvalue weighted by molar-refractivity contribution is 14.0. The average Bonchev–Trinajstić information content (AvgIpc) is 2.66. The zero-order valence-electron chi connectivity index (χ0n) is 16.5. The van der Waals surface area contributed by atoms with Crippen molar-refractivity contribution < 1.29 is 4.74 Å². The van der Waals surface area contributed by atoms with Gasteiger partial charge in [-0.15, -0.1) is 24.0 Å². The smallest absolute Gasteiger partial charge is 0.193 e. The van der Waals surface area contributed by atoms with E-state index in [2.05, 4.69) is 58.3 Å². The number of guanidine groups is 1. The second kappa shape index (κ2) is 13.3. The van der Waals surface area contributed by atoms with Gasteiger partial charge in [0.25, 0.3) is 0 Å². The summed E-state index contributed by atoms with van der Waals surface area (Å²) in [6, 6.07) is 8.85. The van der Waals surface area contributed by atoms with E-state index in [4.69, 9.17) is 4.74 Å². The van der Waals surface area contributed by atoms with Gasteiger partial charge in [-0.2, -0.15) is 0 Å². The Balaban J connectivity index is 0.00000338. The highest BCUT2D eigenvalue weighted by Gasteiger charge is 2.10. The maximum absolute atomic E-state index is 5.39. The van der Waals surface area contributed by atoms with Crippen molar-refractivity contribution in [1.29, 1.82) is 0 Å². The van der Waals surface area contributed by atoms with E-state index in [9.17, 15) is 0 Å². The summed E-state index contributed by atoms with van der Waals surface area (Å²) in [5, 5.41) is 3.48. The molecule has 0 amide bonds. The Morgan fingerprint density at radius 1 is 1.15 bits per heavy atom. The summed E-state index contributed by atoms with van der Waals surface area (Å²) in [6.07, 6.45) is 3.46. The van der Waals surface area contributed by atoms with Crippen LogP contribution in [0.3, 0.4) is 0 Å². The third-order valence-corrected chi connectivity index (χ3v) is 4.71. The number of aliphatic imine (C=N–C) groups is 1. The molecule has 0 bridgehead atoms. The molecule has 1 fully saturated rings. The standard InChI is InChI=1S/C20H34N4O.HI/c1-4-18-7-9-19(10-8-18)17-23(3)20(21-2)22-11-5-6-12-24-13-15-25-16-14-24;/h7-10H,4-6,11-17H2,1-3H3,(H,21,22);1H. The topological polar surface area (TPSA) is 40.1 Å². The van der Waals surface area contributed by atoms with Gasteiger partial charge < -0.3 is 15.0 Å². The molecule has 26 heavy (non-hydrogen) atoms. The fraction of sp³-hybridized carbons (Fsp3) is 0.650. The quantitative estimate of drug-likeness (QED) is 0.272. The number of nitrogens with one attached hydrogen (secondary N) is 1. The summed E-state index contributed by atoms with van der Waals surface area (Å²) >= 11 is 0. The van der Waals surface area contributed by atoms with Gasteiger partial charge in [-0.05, 0) is 36.9 Å². The molecule has 1 N–H and O–H groups in total. The predicted molar refractivity (Wildman–Crippen MR) is 121 cm³/mol. The van der Waals surface area contributed by atoms with Gasteiger partial charge in [0.2, 0.25) is 0 Å². The Kier molecular flexibility index (Phi) is 11.9. The highest BCUT2D eigenvalue weighted by atomic mass is 127. The van der Waals surface area contributed by atoms with E-state index in [1.807, 2.05) is 7.05 Å². The third-order valence-electron chi connectivity index (χ3n) is 4.71. The van der Waals surface area contributed by atoms with Gasteiger partial charge in [-0.25, -0.2) is 0 Å². The maximum Gasteiger partial charge on any atom is 0.193 e. The first-order chi connectivity index (χ1) is 12.2. The molecular weight excluding hydrogens is 439 g/mol. The average molecular weight is 474 g/mol. The van der Waals surface area contributed by atoms with E-state index in [-0.39, 0.29) is 24.0 Å². The van der Waals surface area contributed by atoms with E-state index in [1.54, 1.807) is 0 Å². The van der Waals surface area contributed by atoms with Crippen molar-refractivity contribution in [2.24, 2.45) is 4.99 Å². The molecule has 6 heteroatoms. The molecule has 1 aromatic rings. The summed E-state index contributed by atoms with van der Waals surface area (Å²) in [6.45, 7) is 9.12. The van der Waals surface area contributed by atoms with Gasteiger partial charge in [-0.1, -0.05) is 31.2 Å². The molecule has 5 nitrogen and oxygen atoms in total. The van der Waals surface area contributed by atoms with Crippen molar-refractivity contribution in [3.63, 3.8) is 0 Å². The lowest BCUT2D eigenvalue weighted by Crippen LogP contribution is -2.39. The predicted octanol–water partition coefficient (Wildman–Crippen LogP) is 2.99. The number of hydrogen-bond acceptors (Lipinski definition) is 3. The number of unbranched alkanes of at least 4 members (excludes halogenated alkanes) is 1. The molecule has 0 radical (unpaired) electrons. The number of hydrogen-bond donors (Lipinski definition) is 1. The van der Waals surface area contributed by atoms with Gasteiger partial charge in [-0.3, -0.25) is 9.89 Å². The first-order valence-electron chi connectivity index (χ1n) is 9.52. The van der Waals surface area contributed by atoms with E-state index in [0.29, 0.717) is 0 Å². The molecule has 2 rings (SSSR count). The summed E-state index contributed by atoms with van der Waals surface area (Å²) in [7, 11) is 3.95. The van der Waals surface area contributed by atoms with Crippen LogP contribution in [0.4, 0.5) is 0 Å². The molecule has 0 atom stereocenters. The van der Waals surface area contributed by atoms with E-state index < -0.39 is 0 Å². The van der Waals surface area contributed by atoms with Gasteiger partial charge >= 0.3 is 0 Å². The number of nitrogens with zero attached hydrogens (tertiary/aromatic N) is 3. The van der Waals surface area contributed by atoms with E-state index in [0.717, 1.165) is 58.2 Å². The molecule has 0 aromatic heterocycles. The van der Waals surface area contributed by atoms with Crippen LogP contribution in [0.2, 0.25) is 0 Å². The molecule has 0 unspecified atom stereocenters. The van der Waals surface area contributed by atoms with Crippen molar-refractivity contribution in [2.75, 3.05) is 53.5 Å². The van der Waals surface area contributed by atoms with Crippen molar-refractivity contribution in [2.45, 2.75) is 32.7 Å². The Bertz CT molecular complexity index is 515. The van der Waals surface area contributed by atoms with Crippen LogP contribution in [0.5, 0.6) is 0 Å². The largest absolute Gasteiger partial charge is 0.379 e. The van der Waals surface area contributed by atoms with Crippen molar-refractivity contribution >= 4 is 29.9 Å². The zero-order chi connectivity index (χ0) is 17.9. The van der Waals surface area contributed by atoms with Gasteiger partial charge in [0.15, 0.2) is 5.96 Å². The molecule has 0 aliphatic carbocycles. The van der Waals surface area contributed by atoms with Crippen LogP contribution in [-0.4, -0.2) is 69.2 Å². The minimum Gasteiger partial charge on any atom is -0.379 e. The van der Waals surface area contributed by atoms with Crippen LogP contribution in [0.15, 0.2) is 29.3 Å². The van der Waals surface area contributed by atoms with Gasteiger partial charge in [0.1, 0.15) is 0 Å². The number of morpholine rings is 1. The number of aryl methyl sites for hydroxylation is 1. The SMILES string of the molecule is CCc1ccc(CN(C)C(=NC)NCCCCN2CCOCC2)cc1.I. The molecule has 1 heterocycles. The maximum atomic E-state index is 5.39. The Morgan fingerprint density at radius 2 is 1.81 bits per heavy atom. The van der Waals surface area contributed by atoms with Crippen molar-refractivity contribution in [3.8, 4) is 0 Å². The summed E-state index contributed by atoms with van der Waals surface area (Å²) in [5.74, 6) is 0.964. The Labute approximate surface area is 176 Å². The summed E-state index contributed by atoms with van der Waals surface area (Å²) in [4.78, 5) is 9.08. The first-order valence-corrected chi connectivity index (χ1v) is 9.52. The van der Waals surface area contributed by atoms with Crippen molar-refractivity contribution in [1.82, 2.24) is 15.1 Å². The van der Waals surface area contributed by atoms with E-state index >= 15 is 0 Å². The van der Waals surface area contributed by atoms with Gasteiger partial charge in [0, 0.05) is 40.3 Å².